The molecule has 3 unspecified atom stereocenters. The van der Waals surface area contributed by atoms with Gasteiger partial charge in [-0.25, -0.2) is 0 Å². The second kappa shape index (κ2) is 5.23. The molecule has 5 heteroatoms. The summed E-state index contributed by atoms with van der Waals surface area (Å²) in [5, 5.41) is 4.29. The van der Waals surface area contributed by atoms with Crippen molar-refractivity contribution < 1.29 is 4.79 Å². The van der Waals surface area contributed by atoms with E-state index in [0.717, 1.165) is 13.1 Å². The molecule has 2 rings (SSSR count). The molecule has 1 aromatic heterocycles. The molecule has 0 bridgehead atoms. The number of hydrogen-bond donors (Lipinski definition) is 1. The van der Waals surface area contributed by atoms with Gasteiger partial charge in [0, 0.05) is 25.3 Å². The highest BCUT2D eigenvalue weighted by Crippen LogP contribution is 2.28. The van der Waals surface area contributed by atoms with Crippen LogP contribution in [-0.2, 0) is 6.54 Å². The molecule has 0 spiro atoms. The minimum Gasteiger partial charge on any atom is -0.396 e. The molecule has 106 valence electrons. The van der Waals surface area contributed by atoms with Crippen molar-refractivity contribution in [2.45, 2.75) is 46.7 Å². The zero-order chi connectivity index (χ0) is 14.2. The molecule has 1 aromatic rings. The van der Waals surface area contributed by atoms with E-state index in [0.29, 0.717) is 23.2 Å². The highest BCUT2D eigenvalue weighted by atomic mass is 16.2. The maximum Gasteiger partial charge on any atom is 0.276 e. The summed E-state index contributed by atoms with van der Waals surface area (Å²) in [5.41, 5.74) is 6.78. The first-order chi connectivity index (χ1) is 8.93. The Morgan fingerprint density at radius 2 is 2.16 bits per heavy atom. The highest BCUT2D eigenvalue weighted by molar-refractivity contribution is 5.97. The average Bonchev–Trinajstić information content (AvgIpc) is 2.74. The standard InChI is InChI=1S/C14H24N4O/c1-5-17-8-12(15)13(16-17)14(19)18-7-9(2)6-10(3)11(18)4/h8-11H,5-7,15H2,1-4H3. The SMILES string of the molecule is CCn1cc(N)c(C(=O)N2CC(C)CC(C)C2C)n1. The first-order valence-corrected chi connectivity index (χ1v) is 7.07. The molecule has 1 aliphatic heterocycles. The molecular formula is C14H24N4O. The van der Waals surface area contributed by atoms with Gasteiger partial charge in [0.2, 0.25) is 0 Å². The molecule has 1 aliphatic rings. The van der Waals surface area contributed by atoms with Crippen LogP contribution in [0.3, 0.4) is 0 Å². The van der Waals surface area contributed by atoms with Gasteiger partial charge in [-0.2, -0.15) is 5.10 Å². The Hall–Kier alpha value is -1.52. The number of anilines is 1. The lowest BCUT2D eigenvalue weighted by Crippen LogP contribution is -2.49. The topological polar surface area (TPSA) is 64.2 Å². The third-order valence-electron chi connectivity index (χ3n) is 4.18. The summed E-state index contributed by atoms with van der Waals surface area (Å²) >= 11 is 0. The van der Waals surface area contributed by atoms with Gasteiger partial charge in [-0.3, -0.25) is 9.48 Å². The van der Waals surface area contributed by atoms with Gasteiger partial charge in [-0.1, -0.05) is 13.8 Å². The Labute approximate surface area is 114 Å². The average molecular weight is 264 g/mol. The summed E-state index contributed by atoms with van der Waals surface area (Å²) in [4.78, 5) is 14.5. The fourth-order valence-corrected chi connectivity index (χ4v) is 2.88. The monoisotopic (exact) mass is 264 g/mol. The number of aryl methyl sites for hydroxylation is 1. The van der Waals surface area contributed by atoms with E-state index in [-0.39, 0.29) is 11.9 Å². The Morgan fingerprint density at radius 1 is 1.47 bits per heavy atom. The van der Waals surface area contributed by atoms with Crippen LogP contribution in [0.1, 0.15) is 44.6 Å². The van der Waals surface area contributed by atoms with Crippen LogP contribution in [0.15, 0.2) is 6.20 Å². The lowest BCUT2D eigenvalue weighted by Gasteiger charge is -2.40. The molecule has 3 atom stereocenters. The largest absolute Gasteiger partial charge is 0.396 e. The van der Waals surface area contributed by atoms with Crippen LogP contribution >= 0.6 is 0 Å². The molecule has 0 saturated carbocycles. The smallest absolute Gasteiger partial charge is 0.276 e. The van der Waals surface area contributed by atoms with Crippen molar-refractivity contribution in [2.75, 3.05) is 12.3 Å². The summed E-state index contributed by atoms with van der Waals surface area (Å²) in [7, 11) is 0. The summed E-state index contributed by atoms with van der Waals surface area (Å²) in [6.07, 6.45) is 2.90. The van der Waals surface area contributed by atoms with Gasteiger partial charge in [0.1, 0.15) is 0 Å². The van der Waals surface area contributed by atoms with E-state index >= 15 is 0 Å². The number of rotatable bonds is 2. The molecule has 1 saturated heterocycles. The van der Waals surface area contributed by atoms with Gasteiger partial charge in [0.15, 0.2) is 5.69 Å². The van der Waals surface area contributed by atoms with Gasteiger partial charge in [-0.15, -0.1) is 0 Å². The fourth-order valence-electron chi connectivity index (χ4n) is 2.88. The van der Waals surface area contributed by atoms with Crippen molar-refractivity contribution in [1.82, 2.24) is 14.7 Å². The summed E-state index contributed by atoms with van der Waals surface area (Å²) in [5.74, 6) is 1.02. The molecular weight excluding hydrogens is 240 g/mol. The van der Waals surface area contributed by atoms with Crippen molar-refractivity contribution in [3.8, 4) is 0 Å². The second-order valence-corrected chi connectivity index (χ2v) is 5.81. The Morgan fingerprint density at radius 3 is 2.74 bits per heavy atom. The maximum absolute atomic E-state index is 12.6. The molecule has 1 fully saturated rings. The maximum atomic E-state index is 12.6. The number of hydrogen-bond acceptors (Lipinski definition) is 3. The van der Waals surface area contributed by atoms with Crippen LogP contribution in [0.25, 0.3) is 0 Å². The van der Waals surface area contributed by atoms with Crippen molar-refractivity contribution in [1.29, 1.82) is 0 Å². The first-order valence-electron chi connectivity index (χ1n) is 7.07. The summed E-state index contributed by atoms with van der Waals surface area (Å²) in [6.45, 7) is 10.0. The van der Waals surface area contributed by atoms with Gasteiger partial charge in [-0.05, 0) is 32.1 Å². The molecule has 0 aliphatic carbocycles. The summed E-state index contributed by atoms with van der Waals surface area (Å²) in [6, 6.07) is 0.245. The molecule has 0 aromatic carbocycles. The zero-order valence-electron chi connectivity index (χ0n) is 12.3. The van der Waals surface area contributed by atoms with Gasteiger partial charge in [0.05, 0.1) is 5.69 Å². The highest BCUT2D eigenvalue weighted by Gasteiger charge is 2.34. The van der Waals surface area contributed by atoms with E-state index in [2.05, 4.69) is 25.9 Å². The fraction of sp³-hybridized carbons (Fsp3) is 0.714. The number of carbonyl (C=O) groups is 1. The normalized spacial score (nSPS) is 27.6. The van der Waals surface area contributed by atoms with Gasteiger partial charge in [0.25, 0.3) is 5.91 Å². The van der Waals surface area contributed by atoms with Gasteiger partial charge < -0.3 is 10.6 Å². The quantitative estimate of drug-likeness (QED) is 0.888. The van der Waals surface area contributed by atoms with Gasteiger partial charge >= 0.3 is 0 Å². The van der Waals surface area contributed by atoms with Crippen molar-refractivity contribution >= 4 is 11.6 Å². The number of nitrogens with zero attached hydrogens (tertiary/aromatic N) is 3. The molecule has 2 heterocycles. The number of amides is 1. The van der Waals surface area contributed by atoms with Crippen LogP contribution in [0.2, 0.25) is 0 Å². The molecule has 1 amide bonds. The Balaban J connectivity index is 2.24. The summed E-state index contributed by atoms with van der Waals surface area (Å²) < 4.78 is 1.71. The lowest BCUT2D eigenvalue weighted by molar-refractivity contribution is 0.0450. The molecule has 0 radical (unpaired) electrons. The van der Waals surface area contributed by atoms with Crippen LogP contribution in [0.4, 0.5) is 5.69 Å². The van der Waals surface area contributed by atoms with Crippen LogP contribution in [0, 0.1) is 11.8 Å². The van der Waals surface area contributed by atoms with E-state index in [1.807, 2.05) is 11.8 Å². The predicted octanol–water partition coefficient (Wildman–Crippen LogP) is 1.99. The van der Waals surface area contributed by atoms with Crippen molar-refractivity contribution in [2.24, 2.45) is 11.8 Å². The minimum absolute atomic E-state index is 0.0319. The van der Waals surface area contributed by atoms with Crippen molar-refractivity contribution in [3.63, 3.8) is 0 Å². The minimum atomic E-state index is -0.0319. The van der Waals surface area contributed by atoms with E-state index in [1.165, 1.54) is 6.42 Å². The number of likely N-dealkylation sites (tertiary alicyclic amines) is 1. The van der Waals surface area contributed by atoms with E-state index < -0.39 is 0 Å². The predicted molar refractivity (Wildman–Crippen MR) is 75.8 cm³/mol. The Bertz CT molecular complexity index is 468. The van der Waals surface area contributed by atoms with E-state index in [1.54, 1.807) is 10.9 Å². The number of carbonyl (C=O) groups excluding carboxylic acids is 1. The number of piperidine rings is 1. The van der Waals surface area contributed by atoms with Crippen molar-refractivity contribution in [3.05, 3.63) is 11.9 Å². The van der Waals surface area contributed by atoms with Crippen LogP contribution in [-0.4, -0.2) is 33.2 Å². The zero-order valence-corrected chi connectivity index (χ0v) is 12.3. The number of nitrogen functional groups attached to an aromatic ring is 1. The third-order valence-corrected chi connectivity index (χ3v) is 4.18. The number of nitrogens with two attached hydrogens (primary N) is 1. The lowest BCUT2D eigenvalue weighted by atomic mass is 9.86. The van der Waals surface area contributed by atoms with Crippen LogP contribution < -0.4 is 5.73 Å². The first kappa shape index (κ1) is 13.9. The van der Waals surface area contributed by atoms with E-state index in [9.17, 15) is 4.79 Å². The molecule has 2 N–H and O–H groups in total. The second-order valence-electron chi connectivity index (χ2n) is 5.81. The molecule has 19 heavy (non-hydrogen) atoms. The number of aromatic nitrogens is 2. The van der Waals surface area contributed by atoms with E-state index in [4.69, 9.17) is 5.73 Å². The van der Waals surface area contributed by atoms with Crippen LogP contribution in [0.5, 0.6) is 0 Å². The third kappa shape index (κ3) is 2.60. The Kier molecular flexibility index (Phi) is 3.83. The molecule has 5 nitrogen and oxygen atoms in total.